The summed E-state index contributed by atoms with van der Waals surface area (Å²) in [5, 5.41) is 3.81. The lowest BCUT2D eigenvalue weighted by Crippen LogP contribution is -2.52. The first-order valence-corrected chi connectivity index (χ1v) is 6.53. The minimum atomic E-state index is 0.273. The fourth-order valence-electron chi connectivity index (χ4n) is 2.80. The molecular weight excluding hydrogens is 184 g/mol. The van der Waals surface area contributed by atoms with Crippen molar-refractivity contribution in [3.05, 3.63) is 0 Å². The molecule has 15 heavy (non-hydrogen) atoms. The van der Waals surface area contributed by atoms with Crippen molar-refractivity contribution in [2.75, 3.05) is 6.54 Å². The van der Waals surface area contributed by atoms with E-state index in [9.17, 15) is 0 Å². The highest BCUT2D eigenvalue weighted by Gasteiger charge is 2.38. The van der Waals surface area contributed by atoms with Gasteiger partial charge in [-0.25, -0.2) is 0 Å². The number of rotatable bonds is 3. The van der Waals surface area contributed by atoms with Gasteiger partial charge < -0.3 is 11.1 Å². The molecule has 0 radical (unpaired) electrons. The highest BCUT2D eigenvalue weighted by atomic mass is 15.1. The molecule has 0 aromatic heterocycles. The zero-order chi connectivity index (χ0) is 10.9. The van der Waals surface area contributed by atoms with Gasteiger partial charge in [0.1, 0.15) is 0 Å². The molecule has 1 atom stereocenters. The predicted molar refractivity (Wildman–Crippen MR) is 64.8 cm³/mol. The standard InChI is InChI=1S/C13H26N2/c1-12(2)6-3-7-13(10-14,9-8-12)15-11-4-5-11/h11,15H,3-10,14H2,1-2H3. The van der Waals surface area contributed by atoms with Crippen LogP contribution in [0.3, 0.4) is 0 Å². The van der Waals surface area contributed by atoms with Gasteiger partial charge >= 0.3 is 0 Å². The summed E-state index contributed by atoms with van der Waals surface area (Å²) in [6, 6.07) is 0.787. The largest absolute Gasteiger partial charge is 0.329 e. The molecule has 0 heterocycles. The Morgan fingerprint density at radius 3 is 2.47 bits per heavy atom. The monoisotopic (exact) mass is 210 g/mol. The van der Waals surface area contributed by atoms with Gasteiger partial charge in [0.15, 0.2) is 0 Å². The van der Waals surface area contributed by atoms with Gasteiger partial charge in [-0.3, -0.25) is 0 Å². The fraction of sp³-hybridized carbons (Fsp3) is 1.00. The molecule has 0 spiro atoms. The van der Waals surface area contributed by atoms with Gasteiger partial charge in [0.05, 0.1) is 0 Å². The van der Waals surface area contributed by atoms with Crippen LogP contribution in [-0.2, 0) is 0 Å². The lowest BCUT2D eigenvalue weighted by atomic mass is 9.83. The molecule has 88 valence electrons. The molecule has 3 N–H and O–H groups in total. The first kappa shape index (κ1) is 11.4. The van der Waals surface area contributed by atoms with Crippen LogP contribution in [0.25, 0.3) is 0 Å². The van der Waals surface area contributed by atoms with Gasteiger partial charge in [-0.1, -0.05) is 20.3 Å². The Bertz CT molecular complexity index is 221. The van der Waals surface area contributed by atoms with Crippen molar-refractivity contribution in [2.24, 2.45) is 11.1 Å². The van der Waals surface area contributed by atoms with Crippen molar-refractivity contribution < 1.29 is 0 Å². The third-order valence-corrected chi connectivity index (χ3v) is 4.27. The summed E-state index contributed by atoms with van der Waals surface area (Å²) in [4.78, 5) is 0. The Hall–Kier alpha value is -0.0800. The fourth-order valence-corrected chi connectivity index (χ4v) is 2.80. The van der Waals surface area contributed by atoms with Gasteiger partial charge in [-0.2, -0.15) is 0 Å². The second-order valence-corrected chi connectivity index (χ2v) is 6.42. The highest BCUT2D eigenvalue weighted by Crippen LogP contribution is 2.39. The van der Waals surface area contributed by atoms with Crippen molar-refractivity contribution in [1.29, 1.82) is 0 Å². The Kier molecular flexibility index (Phi) is 3.09. The molecule has 0 aromatic carbocycles. The van der Waals surface area contributed by atoms with E-state index < -0.39 is 0 Å². The summed E-state index contributed by atoms with van der Waals surface area (Å²) in [6.45, 7) is 5.62. The van der Waals surface area contributed by atoms with Crippen LogP contribution >= 0.6 is 0 Å². The van der Waals surface area contributed by atoms with E-state index in [4.69, 9.17) is 5.73 Å². The van der Waals surface area contributed by atoms with Crippen LogP contribution in [0, 0.1) is 5.41 Å². The van der Waals surface area contributed by atoms with Gasteiger partial charge in [-0.05, 0) is 43.9 Å². The summed E-state index contributed by atoms with van der Waals surface area (Å²) in [5.74, 6) is 0. The molecule has 0 aromatic rings. The quantitative estimate of drug-likeness (QED) is 0.702. The van der Waals surface area contributed by atoms with Crippen LogP contribution < -0.4 is 11.1 Å². The maximum absolute atomic E-state index is 6.01. The third kappa shape index (κ3) is 2.94. The summed E-state index contributed by atoms with van der Waals surface area (Å²) in [6.07, 6.45) is 9.31. The summed E-state index contributed by atoms with van der Waals surface area (Å²) < 4.78 is 0. The van der Waals surface area contributed by atoms with Gasteiger partial charge in [0, 0.05) is 18.1 Å². The van der Waals surface area contributed by atoms with Gasteiger partial charge in [-0.15, -0.1) is 0 Å². The van der Waals surface area contributed by atoms with Crippen LogP contribution in [0.5, 0.6) is 0 Å². The summed E-state index contributed by atoms with van der Waals surface area (Å²) in [5.41, 5.74) is 6.81. The molecule has 0 amide bonds. The Labute approximate surface area is 94.0 Å². The van der Waals surface area contributed by atoms with Crippen LogP contribution in [0.1, 0.15) is 58.8 Å². The molecule has 0 saturated heterocycles. The van der Waals surface area contributed by atoms with E-state index in [0.29, 0.717) is 5.41 Å². The zero-order valence-electron chi connectivity index (χ0n) is 10.3. The Balaban J connectivity index is 1.98. The minimum absolute atomic E-state index is 0.273. The smallest absolute Gasteiger partial charge is 0.0306 e. The summed E-state index contributed by atoms with van der Waals surface area (Å²) in [7, 11) is 0. The molecule has 2 rings (SSSR count). The van der Waals surface area contributed by atoms with E-state index in [1.54, 1.807) is 0 Å². The molecule has 2 nitrogen and oxygen atoms in total. The Morgan fingerprint density at radius 1 is 1.13 bits per heavy atom. The minimum Gasteiger partial charge on any atom is -0.329 e. The van der Waals surface area contributed by atoms with E-state index in [2.05, 4.69) is 19.2 Å². The van der Waals surface area contributed by atoms with Crippen molar-refractivity contribution in [3.8, 4) is 0 Å². The van der Waals surface area contributed by atoms with Crippen molar-refractivity contribution >= 4 is 0 Å². The first-order chi connectivity index (χ1) is 7.05. The second-order valence-electron chi connectivity index (χ2n) is 6.42. The SMILES string of the molecule is CC1(C)CCCC(CN)(NC2CC2)CC1. The third-order valence-electron chi connectivity index (χ3n) is 4.27. The average molecular weight is 210 g/mol. The zero-order valence-corrected chi connectivity index (χ0v) is 10.3. The number of hydrogen-bond donors (Lipinski definition) is 2. The predicted octanol–water partition coefficient (Wildman–Crippen LogP) is 2.43. The highest BCUT2D eigenvalue weighted by molar-refractivity contribution is 4.98. The van der Waals surface area contributed by atoms with E-state index in [-0.39, 0.29) is 5.54 Å². The second kappa shape index (κ2) is 4.06. The topological polar surface area (TPSA) is 38.0 Å². The van der Waals surface area contributed by atoms with Gasteiger partial charge in [0.25, 0.3) is 0 Å². The number of hydrogen-bond acceptors (Lipinski definition) is 2. The van der Waals surface area contributed by atoms with Crippen LogP contribution in [0.15, 0.2) is 0 Å². The summed E-state index contributed by atoms with van der Waals surface area (Å²) >= 11 is 0. The molecule has 0 aliphatic heterocycles. The molecule has 2 aliphatic carbocycles. The molecule has 2 saturated carbocycles. The first-order valence-electron chi connectivity index (χ1n) is 6.53. The molecule has 0 bridgehead atoms. The molecule has 2 heteroatoms. The Morgan fingerprint density at radius 2 is 1.87 bits per heavy atom. The lowest BCUT2D eigenvalue weighted by Gasteiger charge is -2.33. The molecule has 2 fully saturated rings. The van der Waals surface area contributed by atoms with Gasteiger partial charge in [0.2, 0.25) is 0 Å². The van der Waals surface area contributed by atoms with E-state index in [1.165, 1.54) is 44.9 Å². The maximum Gasteiger partial charge on any atom is 0.0306 e. The van der Waals surface area contributed by atoms with E-state index >= 15 is 0 Å². The van der Waals surface area contributed by atoms with Crippen molar-refractivity contribution in [3.63, 3.8) is 0 Å². The van der Waals surface area contributed by atoms with Crippen LogP contribution in [-0.4, -0.2) is 18.1 Å². The lowest BCUT2D eigenvalue weighted by molar-refractivity contribution is 0.265. The van der Waals surface area contributed by atoms with E-state index in [0.717, 1.165) is 12.6 Å². The number of nitrogens with one attached hydrogen (secondary N) is 1. The molecular formula is C13H26N2. The number of nitrogens with two attached hydrogens (primary N) is 1. The molecule has 2 aliphatic rings. The van der Waals surface area contributed by atoms with Crippen molar-refractivity contribution in [2.45, 2.75) is 70.4 Å². The maximum atomic E-state index is 6.01. The average Bonchev–Trinajstić information content (AvgIpc) is 2.97. The van der Waals surface area contributed by atoms with E-state index in [1.807, 2.05) is 0 Å². The molecule has 1 unspecified atom stereocenters. The van der Waals surface area contributed by atoms with Crippen molar-refractivity contribution in [1.82, 2.24) is 5.32 Å². The normalized spacial score (nSPS) is 36.2. The van der Waals surface area contributed by atoms with Crippen LogP contribution in [0.2, 0.25) is 0 Å². The van der Waals surface area contributed by atoms with Crippen LogP contribution in [0.4, 0.5) is 0 Å².